The zero-order valence-corrected chi connectivity index (χ0v) is 7.22. The predicted octanol–water partition coefficient (Wildman–Crippen LogP) is 2.42. The van der Waals surface area contributed by atoms with Crippen LogP contribution in [0.1, 0.15) is 27.7 Å². The summed E-state index contributed by atoms with van der Waals surface area (Å²) in [5, 5.41) is 0. The standard InChI is InChI=1S/C9H16O/c1-7(2)5-6-8(3)9(4)10/h5-8H,1-4H3/b6-5+. The first-order valence-electron chi connectivity index (χ1n) is 3.72. The summed E-state index contributed by atoms with van der Waals surface area (Å²) in [5.41, 5.74) is 0. The Bertz CT molecular complexity index is 134. The van der Waals surface area contributed by atoms with Crippen LogP contribution in [-0.4, -0.2) is 5.78 Å². The summed E-state index contributed by atoms with van der Waals surface area (Å²) < 4.78 is 0. The van der Waals surface area contributed by atoms with Crippen molar-refractivity contribution in [1.29, 1.82) is 0 Å². The summed E-state index contributed by atoms with van der Waals surface area (Å²) in [6.45, 7) is 7.74. The van der Waals surface area contributed by atoms with Crippen LogP contribution >= 0.6 is 0 Å². The van der Waals surface area contributed by atoms with Gasteiger partial charge in [0.25, 0.3) is 0 Å². The van der Waals surface area contributed by atoms with Gasteiger partial charge in [0.1, 0.15) is 5.78 Å². The number of hydrogen-bond donors (Lipinski definition) is 0. The molecule has 0 radical (unpaired) electrons. The third-order valence-electron chi connectivity index (χ3n) is 1.43. The van der Waals surface area contributed by atoms with E-state index in [2.05, 4.69) is 19.9 Å². The van der Waals surface area contributed by atoms with Gasteiger partial charge < -0.3 is 0 Å². The second-order valence-electron chi connectivity index (χ2n) is 3.03. The van der Waals surface area contributed by atoms with E-state index in [-0.39, 0.29) is 11.7 Å². The molecule has 0 fully saturated rings. The van der Waals surface area contributed by atoms with Crippen LogP contribution in [0.15, 0.2) is 12.2 Å². The highest BCUT2D eigenvalue weighted by molar-refractivity contribution is 5.79. The van der Waals surface area contributed by atoms with Crippen molar-refractivity contribution in [3.8, 4) is 0 Å². The van der Waals surface area contributed by atoms with Crippen molar-refractivity contribution in [3.05, 3.63) is 12.2 Å². The summed E-state index contributed by atoms with van der Waals surface area (Å²) in [7, 11) is 0. The molecule has 0 amide bonds. The van der Waals surface area contributed by atoms with Gasteiger partial charge in [-0.25, -0.2) is 0 Å². The minimum atomic E-state index is 0.0856. The fourth-order valence-electron chi connectivity index (χ4n) is 0.524. The van der Waals surface area contributed by atoms with Crippen LogP contribution in [0, 0.1) is 11.8 Å². The van der Waals surface area contributed by atoms with Gasteiger partial charge in [0.15, 0.2) is 0 Å². The van der Waals surface area contributed by atoms with Gasteiger partial charge in [-0.15, -0.1) is 0 Å². The number of Topliss-reactive ketones (excluding diaryl/α,β-unsaturated/α-hetero) is 1. The average Bonchev–Trinajstić information content (AvgIpc) is 1.82. The van der Waals surface area contributed by atoms with Gasteiger partial charge in [0, 0.05) is 5.92 Å². The van der Waals surface area contributed by atoms with E-state index in [0.29, 0.717) is 5.92 Å². The normalized spacial score (nSPS) is 14.5. The molecule has 0 saturated carbocycles. The fraction of sp³-hybridized carbons (Fsp3) is 0.667. The Morgan fingerprint density at radius 1 is 1.20 bits per heavy atom. The second kappa shape index (κ2) is 4.26. The van der Waals surface area contributed by atoms with Gasteiger partial charge in [-0.05, 0) is 12.8 Å². The average molecular weight is 140 g/mol. The van der Waals surface area contributed by atoms with Crippen LogP contribution < -0.4 is 0 Å². The van der Waals surface area contributed by atoms with E-state index in [1.165, 1.54) is 0 Å². The zero-order valence-electron chi connectivity index (χ0n) is 7.22. The third-order valence-corrected chi connectivity index (χ3v) is 1.43. The monoisotopic (exact) mass is 140 g/mol. The SMILES string of the molecule is CC(=O)C(C)/C=C/C(C)C. The molecule has 0 saturated heterocycles. The lowest BCUT2D eigenvalue weighted by Crippen LogP contribution is -2.02. The maximum absolute atomic E-state index is 10.7. The van der Waals surface area contributed by atoms with Crippen molar-refractivity contribution in [2.75, 3.05) is 0 Å². The van der Waals surface area contributed by atoms with Crippen LogP contribution in [0.5, 0.6) is 0 Å². The third kappa shape index (κ3) is 4.30. The van der Waals surface area contributed by atoms with Gasteiger partial charge in [-0.1, -0.05) is 32.9 Å². The van der Waals surface area contributed by atoms with Crippen molar-refractivity contribution in [2.24, 2.45) is 11.8 Å². The molecule has 0 heterocycles. The molecule has 0 aliphatic rings. The number of rotatable bonds is 3. The first-order valence-corrected chi connectivity index (χ1v) is 3.72. The maximum Gasteiger partial charge on any atom is 0.136 e. The first kappa shape index (κ1) is 9.41. The summed E-state index contributed by atoms with van der Waals surface area (Å²) in [6, 6.07) is 0. The van der Waals surface area contributed by atoms with E-state index < -0.39 is 0 Å². The molecule has 0 aromatic heterocycles. The molecule has 1 atom stereocenters. The Kier molecular flexibility index (Phi) is 4.01. The quantitative estimate of drug-likeness (QED) is 0.550. The van der Waals surface area contributed by atoms with Crippen LogP contribution in [-0.2, 0) is 4.79 Å². The van der Waals surface area contributed by atoms with Gasteiger partial charge in [0.2, 0.25) is 0 Å². The maximum atomic E-state index is 10.7. The smallest absolute Gasteiger partial charge is 0.136 e. The molecule has 0 aromatic rings. The molecular formula is C9H16O. The summed E-state index contributed by atoms with van der Waals surface area (Å²) in [5.74, 6) is 0.862. The van der Waals surface area contributed by atoms with Crippen LogP contribution in [0.25, 0.3) is 0 Å². The first-order chi connectivity index (χ1) is 4.54. The molecular weight excluding hydrogens is 124 g/mol. The van der Waals surface area contributed by atoms with E-state index in [0.717, 1.165) is 0 Å². The molecule has 10 heavy (non-hydrogen) atoms. The Morgan fingerprint density at radius 3 is 2.00 bits per heavy atom. The fourth-order valence-corrected chi connectivity index (χ4v) is 0.524. The minimum Gasteiger partial charge on any atom is -0.299 e. The molecule has 0 rings (SSSR count). The molecule has 0 bridgehead atoms. The van der Waals surface area contributed by atoms with Crippen LogP contribution in [0.3, 0.4) is 0 Å². The molecule has 1 heteroatoms. The molecule has 0 aromatic carbocycles. The van der Waals surface area contributed by atoms with Crippen LogP contribution in [0.4, 0.5) is 0 Å². The lowest BCUT2D eigenvalue weighted by atomic mass is 10.1. The van der Waals surface area contributed by atoms with Gasteiger partial charge in [-0.2, -0.15) is 0 Å². The number of carbonyl (C=O) groups is 1. The molecule has 58 valence electrons. The van der Waals surface area contributed by atoms with E-state index in [1.807, 2.05) is 13.0 Å². The molecule has 1 unspecified atom stereocenters. The number of ketones is 1. The van der Waals surface area contributed by atoms with Gasteiger partial charge in [0.05, 0.1) is 0 Å². The van der Waals surface area contributed by atoms with Crippen molar-refractivity contribution < 1.29 is 4.79 Å². The highest BCUT2D eigenvalue weighted by Crippen LogP contribution is 2.02. The molecule has 0 N–H and O–H groups in total. The Balaban J connectivity index is 3.77. The topological polar surface area (TPSA) is 17.1 Å². The number of carbonyl (C=O) groups excluding carboxylic acids is 1. The highest BCUT2D eigenvalue weighted by Gasteiger charge is 2.00. The summed E-state index contributed by atoms with van der Waals surface area (Å²) >= 11 is 0. The Morgan fingerprint density at radius 2 is 1.70 bits per heavy atom. The van der Waals surface area contributed by atoms with Crippen molar-refractivity contribution >= 4 is 5.78 Å². The summed E-state index contributed by atoms with van der Waals surface area (Å²) in [6.07, 6.45) is 4.03. The second-order valence-corrected chi connectivity index (χ2v) is 3.03. The van der Waals surface area contributed by atoms with Crippen molar-refractivity contribution in [1.82, 2.24) is 0 Å². The lowest BCUT2D eigenvalue weighted by Gasteiger charge is -1.99. The number of hydrogen-bond acceptors (Lipinski definition) is 1. The van der Waals surface area contributed by atoms with Gasteiger partial charge in [-0.3, -0.25) is 4.79 Å². The molecule has 0 aliphatic heterocycles. The summed E-state index contributed by atoms with van der Waals surface area (Å²) in [4.78, 5) is 10.7. The molecule has 0 spiro atoms. The van der Waals surface area contributed by atoms with Crippen molar-refractivity contribution in [3.63, 3.8) is 0 Å². The number of allylic oxidation sites excluding steroid dienone is 2. The van der Waals surface area contributed by atoms with Crippen molar-refractivity contribution in [2.45, 2.75) is 27.7 Å². The predicted molar refractivity (Wildman–Crippen MR) is 43.8 cm³/mol. The lowest BCUT2D eigenvalue weighted by molar-refractivity contribution is -0.118. The van der Waals surface area contributed by atoms with E-state index >= 15 is 0 Å². The molecule has 0 aliphatic carbocycles. The molecule has 1 nitrogen and oxygen atoms in total. The zero-order chi connectivity index (χ0) is 8.15. The minimum absolute atomic E-state index is 0.0856. The van der Waals surface area contributed by atoms with Gasteiger partial charge >= 0.3 is 0 Å². The van der Waals surface area contributed by atoms with E-state index in [4.69, 9.17) is 0 Å². The Labute approximate surface area is 63.1 Å². The highest BCUT2D eigenvalue weighted by atomic mass is 16.1. The van der Waals surface area contributed by atoms with Crippen LogP contribution in [0.2, 0.25) is 0 Å². The van der Waals surface area contributed by atoms with E-state index in [1.54, 1.807) is 6.92 Å². The van der Waals surface area contributed by atoms with E-state index in [9.17, 15) is 4.79 Å². The largest absolute Gasteiger partial charge is 0.299 e. The Hall–Kier alpha value is -0.590.